The molecule has 0 heterocycles. The van der Waals surface area contributed by atoms with Crippen LogP contribution in [0.4, 0.5) is 0 Å². The summed E-state index contributed by atoms with van der Waals surface area (Å²) in [5, 5.41) is 11.6. The van der Waals surface area contributed by atoms with E-state index in [0.717, 1.165) is 4.90 Å². The van der Waals surface area contributed by atoms with Crippen molar-refractivity contribution < 1.29 is 9.59 Å². The predicted molar refractivity (Wildman–Crippen MR) is 87.6 cm³/mol. The van der Waals surface area contributed by atoms with Gasteiger partial charge in [-0.25, -0.2) is 0 Å². The average molecular weight is 319 g/mol. The predicted octanol–water partition coefficient (Wildman–Crippen LogP) is 2.29. The van der Waals surface area contributed by atoms with Crippen molar-refractivity contribution in [2.75, 3.05) is 18.8 Å². The molecule has 6 heteroatoms. The van der Waals surface area contributed by atoms with Crippen molar-refractivity contribution in [2.45, 2.75) is 31.7 Å². The Hall–Kier alpha value is -2.00. The largest absolute Gasteiger partial charge is 0.353 e. The van der Waals surface area contributed by atoms with E-state index >= 15 is 0 Å². The first kappa shape index (κ1) is 18.1. The van der Waals surface area contributed by atoms with Gasteiger partial charge in [-0.15, -0.1) is 11.8 Å². The molecule has 0 aromatic heterocycles. The molecule has 22 heavy (non-hydrogen) atoms. The Morgan fingerprint density at radius 3 is 2.64 bits per heavy atom. The maximum atomic E-state index is 12.5. The molecule has 0 fully saturated rings. The number of thioether (sulfide) groups is 1. The van der Waals surface area contributed by atoms with Crippen LogP contribution >= 0.6 is 11.8 Å². The molecule has 0 bridgehead atoms. The molecule has 1 N–H and O–H groups in total. The number of benzene rings is 1. The zero-order valence-electron chi connectivity index (χ0n) is 13.1. The number of hydrogen-bond acceptors (Lipinski definition) is 4. The van der Waals surface area contributed by atoms with Crippen molar-refractivity contribution in [2.24, 2.45) is 0 Å². The summed E-state index contributed by atoms with van der Waals surface area (Å²) >= 11 is 1.33. The van der Waals surface area contributed by atoms with Gasteiger partial charge in [-0.1, -0.05) is 12.1 Å². The van der Waals surface area contributed by atoms with Crippen LogP contribution in [0.3, 0.4) is 0 Å². The minimum Gasteiger partial charge on any atom is -0.353 e. The van der Waals surface area contributed by atoms with E-state index in [1.165, 1.54) is 16.7 Å². The molecule has 5 nitrogen and oxygen atoms in total. The first-order valence-corrected chi connectivity index (χ1v) is 8.15. The Labute approximate surface area is 135 Å². The van der Waals surface area contributed by atoms with E-state index in [1.54, 1.807) is 12.1 Å². The fourth-order valence-electron chi connectivity index (χ4n) is 1.86. The second-order valence-electron chi connectivity index (χ2n) is 4.98. The number of carbonyl (C=O) groups is 2. The molecule has 0 saturated carbocycles. The number of nitrogens with zero attached hydrogens (tertiary/aromatic N) is 2. The van der Waals surface area contributed by atoms with Crippen LogP contribution in [0, 0.1) is 11.3 Å². The molecule has 1 aromatic carbocycles. The average Bonchev–Trinajstić information content (AvgIpc) is 2.49. The molecule has 0 unspecified atom stereocenters. The van der Waals surface area contributed by atoms with E-state index in [0.29, 0.717) is 12.1 Å². The van der Waals surface area contributed by atoms with Crippen molar-refractivity contribution in [3.05, 3.63) is 29.8 Å². The molecule has 0 aliphatic carbocycles. The maximum Gasteiger partial charge on any atom is 0.255 e. The van der Waals surface area contributed by atoms with Gasteiger partial charge in [-0.05, 0) is 32.9 Å². The van der Waals surface area contributed by atoms with E-state index < -0.39 is 0 Å². The molecular weight excluding hydrogens is 298 g/mol. The highest BCUT2D eigenvalue weighted by Gasteiger charge is 2.18. The monoisotopic (exact) mass is 319 g/mol. The van der Waals surface area contributed by atoms with Gasteiger partial charge < -0.3 is 10.2 Å². The van der Waals surface area contributed by atoms with E-state index in [2.05, 4.69) is 5.32 Å². The molecule has 1 aromatic rings. The van der Waals surface area contributed by atoms with Gasteiger partial charge in [-0.3, -0.25) is 9.59 Å². The molecule has 118 valence electrons. The molecule has 0 spiro atoms. The van der Waals surface area contributed by atoms with Crippen LogP contribution in [-0.2, 0) is 4.79 Å². The lowest BCUT2D eigenvalue weighted by Crippen LogP contribution is -2.32. The molecule has 1 rings (SSSR count). The third kappa shape index (κ3) is 5.41. The van der Waals surface area contributed by atoms with Crippen LogP contribution in [0.2, 0.25) is 0 Å². The number of hydrogen-bond donors (Lipinski definition) is 1. The molecule has 0 aliphatic heterocycles. The number of rotatable bonds is 7. The quantitative estimate of drug-likeness (QED) is 0.618. The molecule has 0 saturated heterocycles. The van der Waals surface area contributed by atoms with Crippen molar-refractivity contribution in [1.29, 1.82) is 5.26 Å². The summed E-state index contributed by atoms with van der Waals surface area (Å²) in [6, 6.07) is 9.25. The second kappa shape index (κ2) is 9.11. The van der Waals surface area contributed by atoms with Crippen LogP contribution < -0.4 is 5.32 Å². The smallest absolute Gasteiger partial charge is 0.255 e. The van der Waals surface area contributed by atoms with E-state index in [4.69, 9.17) is 5.26 Å². The molecule has 0 radical (unpaired) electrons. The molecule has 0 atom stereocenters. The fraction of sp³-hybridized carbons (Fsp3) is 0.438. The Bertz CT molecular complexity index is 567. The van der Waals surface area contributed by atoms with Crippen LogP contribution in [-0.4, -0.2) is 41.6 Å². The van der Waals surface area contributed by atoms with Gasteiger partial charge in [0.05, 0.1) is 17.4 Å². The summed E-state index contributed by atoms with van der Waals surface area (Å²) in [5.41, 5.74) is 0.530. The van der Waals surface area contributed by atoms with E-state index in [1.807, 2.05) is 39.0 Å². The first-order chi connectivity index (χ1) is 10.5. The Morgan fingerprint density at radius 2 is 2.05 bits per heavy atom. The maximum absolute atomic E-state index is 12.5. The highest BCUT2D eigenvalue weighted by Crippen LogP contribution is 2.23. The SMILES string of the molecule is CCN(CC#N)C(=O)c1ccccc1SCC(=O)NC(C)C. The van der Waals surface area contributed by atoms with Gasteiger partial charge >= 0.3 is 0 Å². The van der Waals surface area contributed by atoms with Crippen LogP contribution in [0.1, 0.15) is 31.1 Å². The Balaban J connectivity index is 2.83. The van der Waals surface area contributed by atoms with Crippen LogP contribution in [0.5, 0.6) is 0 Å². The Kier molecular flexibility index (Phi) is 7.47. The Morgan fingerprint density at radius 1 is 1.36 bits per heavy atom. The standard InChI is InChI=1S/C16H21N3O2S/c1-4-19(10-9-17)16(21)13-7-5-6-8-14(13)22-11-15(20)18-12(2)3/h5-8,12H,4,10-11H2,1-3H3,(H,18,20). The zero-order valence-corrected chi connectivity index (χ0v) is 13.9. The summed E-state index contributed by atoms with van der Waals surface area (Å²) < 4.78 is 0. The number of nitriles is 1. The summed E-state index contributed by atoms with van der Waals surface area (Å²) in [4.78, 5) is 26.4. The van der Waals surface area contributed by atoms with Gasteiger partial charge in [0.15, 0.2) is 0 Å². The van der Waals surface area contributed by atoms with Gasteiger partial charge in [0, 0.05) is 17.5 Å². The van der Waals surface area contributed by atoms with Crippen molar-refractivity contribution in [3.8, 4) is 6.07 Å². The summed E-state index contributed by atoms with van der Waals surface area (Å²) in [5.74, 6) is 0.00961. The summed E-state index contributed by atoms with van der Waals surface area (Å²) in [6.45, 7) is 6.17. The van der Waals surface area contributed by atoms with Crippen molar-refractivity contribution >= 4 is 23.6 Å². The van der Waals surface area contributed by atoms with Gasteiger partial charge in [0.2, 0.25) is 5.91 Å². The molecule has 2 amide bonds. The van der Waals surface area contributed by atoms with E-state index in [-0.39, 0.29) is 30.2 Å². The van der Waals surface area contributed by atoms with Gasteiger partial charge in [0.1, 0.15) is 6.54 Å². The molecule has 0 aliphatic rings. The van der Waals surface area contributed by atoms with E-state index in [9.17, 15) is 9.59 Å². The topological polar surface area (TPSA) is 73.2 Å². The summed E-state index contributed by atoms with van der Waals surface area (Å²) in [6.07, 6.45) is 0. The second-order valence-corrected chi connectivity index (χ2v) is 6.00. The fourth-order valence-corrected chi connectivity index (χ4v) is 2.71. The number of amides is 2. The first-order valence-electron chi connectivity index (χ1n) is 7.17. The number of carbonyl (C=O) groups excluding carboxylic acids is 2. The van der Waals surface area contributed by atoms with Crippen LogP contribution in [0.15, 0.2) is 29.2 Å². The van der Waals surface area contributed by atoms with Gasteiger partial charge in [-0.2, -0.15) is 5.26 Å². The lowest BCUT2D eigenvalue weighted by molar-refractivity contribution is -0.119. The van der Waals surface area contributed by atoms with Crippen molar-refractivity contribution in [3.63, 3.8) is 0 Å². The minimum absolute atomic E-state index is 0.0577. The lowest BCUT2D eigenvalue weighted by Gasteiger charge is -2.19. The highest BCUT2D eigenvalue weighted by molar-refractivity contribution is 8.00. The summed E-state index contributed by atoms with van der Waals surface area (Å²) in [7, 11) is 0. The third-order valence-corrected chi connectivity index (χ3v) is 3.93. The molecular formula is C16H21N3O2S. The minimum atomic E-state index is -0.184. The normalized spacial score (nSPS) is 10.1. The third-order valence-electron chi connectivity index (χ3n) is 2.86. The number of nitrogens with one attached hydrogen (secondary N) is 1. The lowest BCUT2D eigenvalue weighted by atomic mass is 10.2. The van der Waals surface area contributed by atoms with Crippen molar-refractivity contribution in [1.82, 2.24) is 10.2 Å². The highest BCUT2D eigenvalue weighted by atomic mass is 32.2. The van der Waals surface area contributed by atoms with Crippen LogP contribution in [0.25, 0.3) is 0 Å². The van der Waals surface area contributed by atoms with Gasteiger partial charge in [0.25, 0.3) is 5.91 Å². The zero-order chi connectivity index (χ0) is 16.5.